The molecular formula is C17H26N2O4. The van der Waals surface area contributed by atoms with Gasteiger partial charge >= 0.3 is 6.09 Å². The van der Waals surface area contributed by atoms with Crippen LogP contribution in [0.15, 0.2) is 18.2 Å². The number of carbonyl (C=O) groups is 1. The first kappa shape index (κ1) is 17.6. The van der Waals surface area contributed by atoms with Crippen LogP contribution in [0.3, 0.4) is 0 Å². The molecule has 0 atom stereocenters. The molecule has 0 unspecified atom stereocenters. The third-order valence-electron chi connectivity index (χ3n) is 3.76. The Labute approximate surface area is 137 Å². The van der Waals surface area contributed by atoms with Gasteiger partial charge in [0.05, 0.1) is 18.4 Å². The molecule has 2 N–H and O–H groups in total. The molecule has 1 aliphatic rings. The second-order valence-electron chi connectivity index (χ2n) is 6.83. The molecule has 2 rings (SSSR count). The first-order chi connectivity index (χ1) is 10.8. The minimum absolute atomic E-state index is 0.148. The summed E-state index contributed by atoms with van der Waals surface area (Å²) in [5.41, 5.74) is 0.994. The second-order valence-corrected chi connectivity index (χ2v) is 6.83. The highest BCUT2D eigenvalue weighted by molar-refractivity contribution is 5.87. The minimum atomic E-state index is -0.542. The summed E-state index contributed by atoms with van der Waals surface area (Å²) in [5.74, 6) is 0.604. The molecule has 0 spiro atoms. The van der Waals surface area contributed by atoms with Crippen LogP contribution in [0.2, 0.25) is 0 Å². The van der Waals surface area contributed by atoms with Gasteiger partial charge in [0.2, 0.25) is 0 Å². The smallest absolute Gasteiger partial charge is 0.412 e. The number of benzene rings is 1. The van der Waals surface area contributed by atoms with Gasteiger partial charge in [-0.1, -0.05) is 6.07 Å². The highest BCUT2D eigenvalue weighted by atomic mass is 16.6. The molecule has 1 aromatic carbocycles. The van der Waals surface area contributed by atoms with Crippen molar-refractivity contribution in [1.82, 2.24) is 5.32 Å². The van der Waals surface area contributed by atoms with E-state index >= 15 is 0 Å². The molecule has 1 aromatic rings. The van der Waals surface area contributed by atoms with Gasteiger partial charge in [-0.3, -0.25) is 5.32 Å². The maximum Gasteiger partial charge on any atom is 0.412 e. The normalized spacial score (nSPS) is 16.4. The van der Waals surface area contributed by atoms with Crippen molar-refractivity contribution in [2.24, 2.45) is 0 Å². The van der Waals surface area contributed by atoms with Crippen LogP contribution in [0.1, 0.15) is 26.3 Å². The van der Waals surface area contributed by atoms with Gasteiger partial charge in [-0.15, -0.1) is 0 Å². The topological polar surface area (TPSA) is 68.8 Å². The van der Waals surface area contributed by atoms with E-state index in [1.165, 1.54) is 0 Å². The largest absolute Gasteiger partial charge is 0.495 e. The Hall–Kier alpha value is -1.79. The average Bonchev–Trinajstić information content (AvgIpc) is 2.42. The lowest BCUT2D eigenvalue weighted by Crippen LogP contribution is -2.61. The van der Waals surface area contributed by atoms with Crippen LogP contribution in [0.4, 0.5) is 10.5 Å². The fourth-order valence-corrected chi connectivity index (χ4v) is 2.48. The fraction of sp³-hybridized carbons (Fsp3) is 0.588. The number of hydrogen-bond donors (Lipinski definition) is 2. The summed E-state index contributed by atoms with van der Waals surface area (Å²) in [5, 5.41) is 5.95. The SMILES string of the molecule is COc1cc(CC2(OC)CNC2)ccc1NC(=O)OC(C)(C)C. The Bertz CT molecular complexity index is 557. The Morgan fingerprint density at radius 3 is 2.48 bits per heavy atom. The predicted molar refractivity (Wildman–Crippen MR) is 89.2 cm³/mol. The molecule has 0 aromatic heterocycles. The van der Waals surface area contributed by atoms with Gasteiger partial charge in [0, 0.05) is 26.6 Å². The zero-order valence-electron chi connectivity index (χ0n) is 14.5. The Balaban J connectivity index is 2.09. The molecule has 0 aliphatic carbocycles. The summed E-state index contributed by atoms with van der Waals surface area (Å²) in [4.78, 5) is 11.9. The summed E-state index contributed by atoms with van der Waals surface area (Å²) in [6.07, 6.45) is 0.291. The van der Waals surface area contributed by atoms with Gasteiger partial charge in [0.1, 0.15) is 11.4 Å². The van der Waals surface area contributed by atoms with Crippen LogP contribution in [-0.4, -0.2) is 44.6 Å². The van der Waals surface area contributed by atoms with Crippen LogP contribution < -0.4 is 15.4 Å². The summed E-state index contributed by atoms with van der Waals surface area (Å²) in [7, 11) is 3.31. The van der Waals surface area contributed by atoms with E-state index in [0.29, 0.717) is 11.4 Å². The van der Waals surface area contributed by atoms with E-state index in [-0.39, 0.29) is 5.60 Å². The number of nitrogens with one attached hydrogen (secondary N) is 2. The van der Waals surface area contributed by atoms with Gasteiger partial charge in [0.25, 0.3) is 0 Å². The van der Waals surface area contributed by atoms with Crippen molar-refractivity contribution in [3.63, 3.8) is 0 Å². The second kappa shape index (κ2) is 6.76. The molecule has 23 heavy (non-hydrogen) atoms. The third-order valence-corrected chi connectivity index (χ3v) is 3.76. The van der Waals surface area contributed by atoms with Gasteiger partial charge in [-0.25, -0.2) is 4.79 Å². The summed E-state index contributed by atoms with van der Waals surface area (Å²) in [6.45, 7) is 7.14. The van der Waals surface area contributed by atoms with Crippen molar-refractivity contribution in [3.8, 4) is 5.75 Å². The maximum absolute atomic E-state index is 11.9. The fourth-order valence-electron chi connectivity index (χ4n) is 2.48. The van der Waals surface area contributed by atoms with E-state index in [4.69, 9.17) is 14.2 Å². The van der Waals surface area contributed by atoms with Crippen molar-refractivity contribution < 1.29 is 19.0 Å². The van der Waals surface area contributed by atoms with Gasteiger partial charge in [0.15, 0.2) is 0 Å². The maximum atomic E-state index is 11.9. The number of ether oxygens (including phenoxy) is 3. The van der Waals surface area contributed by atoms with E-state index in [0.717, 1.165) is 25.1 Å². The standard InChI is InChI=1S/C17H26N2O4/c1-16(2,3)23-15(20)19-13-7-6-12(8-14(13)21-4)9-17(22-5)10-18-11-17/h6-8,18H,9-11H2,1-5H3,(H,19,20). The third kappa shape index (κ3) is 4.59. The van der Waals surface area contributed by atoms with E-state index in [9.17, 15) is 4.79 Å². The van der Waals surface area contributed by atoms with Crippen LogP contribution in [0.25, 0.3) is 0 Å². The van der Waals surface area contributed by atoms with Crippen molar-refractivity contribution in [1.29, 1.82) is 0 Å². The molecule has 1 aliphatic heterocycles. The molecule has 1 amide bonds. The Kier molecular flexibility index (Phi) is 5.16. The Morgan fingerprint density at radius 1 is 1.30 bits per heavy atom. The van der Waals surface area contributed by atoms with Crippen molar-refractivity contribution >= 4 is 11.8 Å². The molecule has 0 radical (unpaired) electrons. The number of amides is 1. The highest BCUT2D eigenvalue weighted by Crippen LogP contribution is 2.29. The minimum Gasteiger partial charge on any atom is -0.495 e. The molecule has 1 heterocycles. The van der Waals surface area contributed by atoms with Gasteiger partial charge in [-0.2, -0.15) is 0 Å². The van der Waals surface area contributed by atoms with Crippen molar-refractivity contribution in [2.45, 2.75) is 38.4 Å². The predicted octanol–water partition coefficient (Wildman–Crippen LogP) is 2.57. The zero-order chi connectivity index (χ0) is 17.1. The zero-order valence-corrected chi connectivity index (χ0v) is 14.5. The lowest BCUT2D eigenvalue weighted by atomic mass is 9.88. The molecule has 6 heteroatoms. The number of hydrogen-bond acceptors (Lipinski definition) is 5. The molecule has 0 saturated carbocycles. The summed E-state index contributed by atoms with van der Waals surface area (Å²) < 4.78 is 16.3. The highest BCUT2D eigenvalue weighted by Gasteiger charge is 2.37. The summed E-state index contributed by atoms with van der Waals surface area (Å²) >= 11 is 0. The Morgan fingerprint density at radius 2 is 2.00 bits per heavy atom. The van der Waals surface area contributed by atoms with E-state index in [2.05, 4.69) is 10.6 Å². The number of anilines is 1. The van der Waals surface area contributed by atoms with E-state index in [1.807, 2.05) is 39.0 Å². The summed E-state index contributed by atoms with van der Waals surface area (Å²) in [6, 6.07) is 5.72. The van der Waals surface area contributed by atoms with E-state index < -0.39 is 11.7 Å². The lowest BCUT2D eigenvalue weighted by molar-refractivity contribution is -0.0502. The quantitative estimate of drug-likeness (QED) is 0.872. The lowest BCUT2D eigenvalue weighted by Gasteiger charge is -2.41. The molecule has 6 nitrogen and oxygen atoms in total. The number of carbonyl (C=O) groups excluding carboxylic acids is 1. The van der Waals surface area contributed by atoms with Crippen LogP contribution in [0.5, 0.6) is 5.75 Å². The van der Waals surface area contributed by atoms with Crippen LogP contribution >= 0.6 is 0 Å². The average molecular weight is 322 g/mol. The van der Waals surface area contributed by atoms with Crippen LogP contribution in [-0.2, 0) is 15.9 Å². The van der Waals surface area contributed by atoms with Gasteiger partial charge < -0.3 is 19.5 Å². The van der Waals surface area contributed by atoms with Gasteiger partial charge in [-0.05, 0) is 38.5 Å². The molecule has 1 saturated heterocycles. The monoisotopic (exact) mass is 322 g/mol. The molecule has 0 bridgehead atoms. The number of methoxy groups -OCH3 is 2. The first-order valence-electron chi connectivity index (χ1n) is 7.70. The van der Waals surface area contributed by atoms with Crippen molar-refractivity contribution in [2.75, 3.05) is 32.6 Å². The number of rotatable bonds is 5. The van der Waals surface area contributed by atoms with E-state index in [1.54, 1.807) is 14.2 Å². The van der Waals surface area contributed by atoms with Crippen LogP contribution in [0, 0.1) is 0 Å². The first-order valence-corrected chi connectivity index (χ1v) is 7.70. The molecule has 128 valence electrons. The molecule has 1 fully saturated rings. The van der Waals surface area contributed by atoms with Crippen molar-refractivity contribution in [3.05, 3.63) is 23.8 Å². The molecular weight excluding hydrogens is 296 g/mol.